The van der Waals surface area contributed by atoms with Crippen molar-refractivity contribution in [3.05, 3.63) is 0 Å². The first-order valence-corrected chi connectivity index (χ1v) is 9.63. The molecule has 0 radical (unpaired) electrons. The highest BCUT2D eigenvalue weighted by molar-refractivity contribution is 7.99. The fourth-order valence-electron chi connectivity index (χ4n) is 4.06. The molecule has 1 saturated carbocycles. The fourth-order valence-corrected chi connectivity index (χ4v) is 5.01. The second-order valence-corrected chi connectivity index (χ2v) is 7.83. The molecule has 140 valence electrons. The lowest BCUT2D eigenvalue weighted by Gasteiger charge is -2.47. The number of hydrogen-bond acceptors (Lipinski definition) is 8. The summed E-state index contributed by atoms with van der Waals surface area (Å²) in [4.78, 5) is 0. The Morgan fingerprint density at radius 1 is 1.12 bits per heavy atom. The summed E-state index contributed by atoms with van der Waals surface area (Å²) < 4.78 is 29.9. The van der Waals surface area contributed by atoms with E-state index in [4.69, 9.17) is 23.7 Å². The van der Waals surface area contributed by atoms with E-state index in [2.05, 4.69) is 0 Å². The Bertz CT molecular complexity index is 425. The van der Waals surface area contributed by atoms with E-state index in [1.54, 1.807) is 26.0 Å². The molecule has 1 aliphatic carbocycles. The maximum absolute atomic E-state index is 10.6. The Balaban J connectivity index is 1.91. The molecule has 2 N–H and O–H groups in total. The summed E-state index contributed by atoms with van der Waals surface area (Å²) in [6, 6.07) is 0. The lowest BCUT2D eigenvalue weighted by atomic mass is 9.87. The van der Waals surface area contributed by atoms with Crippen molar-refractivity contribution in [2.75, 3.05) is 26.6 Å². The standard InChI is InChI=1S/C16H28O7S/c1-4-24-14-13-12(11(18)10(9-17)21-14)22-16(23-13)8-6-5-7-15(16,19-2)20-3/h10-14,17-18H,4-9H2,1-3H3/t10-,11-,12+,13+,14-,16?/m1/s1. The minimum absolute atomic E-state index is 0.263. The van der Waals surface area contributed by atoms with Gasteiger partial charge in [0.15, 0.2) is 0 Å². The Morgan fingerprint density at radius 2 is 1.79 bits per heavy atom. The fraction of sp³-hybridized carbons (Fsp3) is 1.00. The van der Waals surface area contributed by atoms with Gasteiger partial charge in [0.2, 0.25) is 11.6 Å². The van der Waals surface area contributed by atoms with Crippen molar-refractivity contribution < 1.29 is 33.9 Å². The number of hydrogen-bond donors (Lipinski definition) is 2. The van der Waals surface area contributed by atoms with Gasteiger partial charge in [0, 0.05) is 27.1 Å². The molecule has 0 aromatic carbocycles. The van der Waals surface area contributed by atoms with Crippen LogP contribution in [-0.4, -0.2) is 78.2 Å². The molecule has 2 aliphatic heterocycles. The number of methoxy groups -OCH3 is 2. The smallest absolute Gasteiger partial charge is 0.224 e. The highest BCUT2D eigenvalue weighted by Gasteiger charge is 2.67. The van der Waals surface area contributed by atoms with E-state index >= 15 is 0 Å². The first-order valence-electron chi connectivity index (χ1n) is 8.58. The minimum atomic E-state index is -1.06. The van der Waals surface area contributed by atoms with E-state index in [9.17, 15) is 10.2 Å². The molecular weight excluding hydrogens is 336 g/mol. The predicted molar refractivity (Wildman–Crippen MR) is 87.6 cm³/mol. The van der Waals surface area contributed by atoms with Crippen LogP contribution in [0.4, 0.5) is 0 Å². The molecule has 3 rings (SSSR count). The zero-order valence-electron chi connectivity index (χ0n) is 14.5. The summed E-state index contributed by atoms with van der Waals surface area (Å²) in [6.45, 7) is 1.77. The number of rotatable bonds is 5. The lowest BCUT2D eigenvalue weighted by molar-refractivity contribution is -0.388. The number of fused-ring (bicyclic) bond motifs is 1. The highest BCUT2D eigenvalue weighted by atomic mass is 32.2. The van der Waals surface area contributed by atoms with Crippen molar-refractivity contribution in [3.63, 3.8) is 0 Å². The number of aliphatic hydroxyl groups is 2. The second-order valence-electron chi connectivity index (χ2n) is 6.46. The maximum Gasteiger partial charge on any atom is 0.224 e. The molecular formula is C16H28O7S. The Hall–Kier alpha value is 0.0700. The molecule has 7 nitrogen and oxygen atoms in total. The molecule has 0 bridgehead atoms. The first-order chi connectivity index (χ1) is 11.6. The van der Waals surface area contributed by atoms with Crippen LogP contribution in [-0.2, 0) is 23.7 Å². The topological polar surface area (TPSA) is 86.6 Å². The van der Waals surface area contributed by atoms with E-state index < -0.39 is 36.0 Å². The average Bonchev–Trinajstić information content (AvgIpc) is 2.99. The summed E-state index contributed by atoms with van der Waals surface area (Å²) in [5.74, 6) is -1.23. The second kappa shape index (κ2) is 7.36. The van der Waals surface area contributed by atoms with Crippen LogP contribution in [0.5, 0.6) is 0 Å². The lowest BCUT2D eigenvalue weighted by Crippen LogP contribution is -2.60. The van der Waals surface area contributed by atoms with Gasteiger partial charge in [-0.25, -0.2) is 0 Å². The van der Waals surface area contributed by atoms with Crippen molar-refractivity contribution in [2.24, 2.45) is 0 Å². The van der Waals surface area contributed by atoms with Gasteiger partial charge in [0.25, 0.3) is 0 Å². The van der Waals surface area contributed by atoms with Crippen LogP contribution in [0.1, 0.15) is 32.6 Å². The molecule has 24 heavy (non-hydrogen) atoms. The monoisotopic (exact) mass is 364 g/mol. The maximum atomic E-state index is 10.6. The molecule has 1 unspecified atom stereocenters. The molecule has 0 aromatic heterocycles. The summed E-state index contributed by atoms with van der Waals surface area (Å²) in [7, 11) is 3.18. The first kappa shape index (κ1) is 18.8. The number of ether oxygens (including phenoxy) is 5. The third-order valence-electron chi connectivity index (χ3n) is 5.28. The van der Waals surface area contributed by atoms with Gasteiger partial charge in [-0.05, 0) is 18.6 Å². The van der Waals surface area contributed by atoms with Gasteiger partial charge in [-0.15, -0.1) is 11.8 Å². The summed E-state index contributed by atoms with van der Waals surface area (Å²) in [5.41, 5.74) is -0.312. The Kier molecular flexibility index (Phi) is 5.78. The zero-order chi connectivity index (χ0) is 17.4. The van der Waals surface area contributed by atoms with E-state index in [1.807, 2.05) is 6.92 Å². The molecule has 8 heteroatoms. The van der Waals surface area contributed by atoms with Crippen molar-refractivity contribution in [3.8, 4) is 0 Å². The average molecular weight is 364 g/mol. The van der Waals surface area contributed by atoms with Crippen molar-refractivity contribution in [2.45, 2.75) is 74.0 Å². The number of thioether (sulfide) groups is 1. The third kappa shape index (κ3) is 2.81. The number of aliphatic hydroxyl groups excluding tert-OH is 2. The van der Waals surface area contributed by atoms with Crippen LogP contribution in [0.3, 0.4) is 0 Å². The summed E-state index contributed by atoms with van der Waals surface area (Å²) >= 11 is 1.58. The zero-order valence-corrected chi connectivity index (χ0v) is 15.3. The van der Waals surface area contributed by atoms with E-state index in [-0.39, 0.29) is 12.0 Å². The molecule has 2 heterocycles. The highest BCUT2D eigenvalue weighted by Crippen LogP contribution is 2.52. The van der Waals surface area contributed by atoms with Crippen LogP contribution >= 0.6 is 11.8 Å². The third-order valence-corrected chi connectivity index (χ3v) is 6.33. The van der Waals surface area contributed by atoms with Crippen LogP contribution in [0.2, 0.25) is 0 Å². The SMILES string of the molecule is CCS[C@H]1O[C@H](CO)[C@@H](O)[C@@H]2OC3(CCCCC3(OC)OC)O[C@@H]21. The molecule has 3 fully saturated rings. The molecule has 0 amide bonds. The van der Waals surface area contributed by atoms with Crippen LogP contribution in [0.15, 0.2) is 0 Å². The van der Waals surface area contributed by atoms with Crippen LogP contribution in [0, 0.1) is 0 Å². The Morgan fingerprint density at radius 3 is 2.42 bits per heavy atom. The van der Waals surface area contributed by atoms with Gasteiger partial charge in [0.1, 0.15) is 29.9 Å². The van der Waals surface area contributed by atoms with Crippen LogP contribution < -0.4 is 0 Å². The molecule has 1 spiro atoms. The molecule has 2 saturated heterocycles. The van der Waals surface area contributed by atoms with Gasteiger partial charge in [0.05, 0.1) is 6.61 Å². The van der Waals surface area contributed by atoms with E-state index in [1.165, 1.54) is 0 Å². The quantitative estimate of drug-likeness (QED) is 0.695. The van der Waals surface area contributed by atoms with Gasteiger partial charge in [-0.1, -0.05) is 6.92 Å². The molecule has 3 aliphatic rings. The van der Waals surface area contributed by atoms with Crippen molar-refractivity contribution in [1.29, 1.82) is 0 Å². The van der Waals surface area contributed by atoms with Gasteiger partial charge >= 0.3 is 0 Å². The predicted octanol–water partition coefficient (Wildman–Crippen LogP) is 0.861. The van der Waals surface area contributed by atoms with Crippen molar-refractivity contribution in [1.82, 2.24) is 0 Å². The van der Waals surface area contributed by atoms with E-state index in [0.29, 0.717) is 12.8 Å². The van der Waals surface area contributed by atoms with Crippen LogP contribution in [0.25, 0.3) is 0 Å². The Labute approximate surface area is 146 Å². The summed E-state index contributed by atoms with van der Waals surface area (Å²) in [5, 5.41) is 20.1. The normalized spacial score (nSPS) is 44.6. The minimum Gasteiger partial charge on any atom is -0.394 e. The summed E-state index contributed by atoms with van der Waals surface area (Å²) in [6.07, 6.45) is 0.515. The van der Waals surface area contributed by atoms with Gasteiger partial charge in [-0.2, -0.15) is 0 Å². The molecule has 0 aromatic rings. The van der Waals surface area contributed by atoms with Gasteiger partial charge < -0.3 is 33.9 Å². The molecule has 6 atom stereocenters. The van der Waals surface area contributed by atoms with E-state index in [0.717, 1.165) is 18.6 Å². The van der Waals surface area contributed by atoms with Gasteiger partial charge in [-0.3, -0.25) is 0 Å². The van der Waals surface area contributed by atoms with Crippen molar-refractivity contribution >= 4 is 11.8 Å². The largest absolute Gasteiger partial charge is 0.394 e.